The second-order valence-electron chi connectivity index (χ2n) is 5.53. The minimum absolute atomic E-state index is 0.0526. The summed E-state index contributed by atoms with van der Waals surface area (Å²) in [6.07, 6.45) is -0.804. The number of ether oxygens (including phenoxy) is 1. The molecule has 0 aliphatic heterocycles. The second kappa shape index (κ2) is 6.95. The molecule has 2 aromatic rings. The van der Waals surface area contributed by atoms with Crippen LogP contribution in [0.15, 0.2) is 42.5 Å². The Labute approximate surface area is 138 Å². The molecule has 0 bridgehead atoms. The highest BCUT2D eigenvalue weighted by molar-refractivity contribution is 5.85. The lowest BCUT2D eigenvalue weighted by Crippen LogP contribution is -2.53. The van der Waals surface area contributed by atoms with Crippen LogP contribution in [-0.2, 0) is 16.1 Å². The molecule has 8 nitrogen and oxygen atoms in total. The lowest BCUT2D eigenvalue weighted by atomic mass is 10.1. The normalized spacial score (nSPS) is 10.9. The number of hydrogen-bond donors (Lipinski definition) is 3. The van der Waals surface area contributed by atoms with Crippen LogP contribution in [0.5, 0.6) is 11.8 Å². The standard InChI is InChI=1S/C16H18N2O6/c1-16(2,14(21)24-18-12(19)8-9-13(18)20)17-15(22)23-10-11-6-4-3-5-7-11/h3-9,19-20H,10H2,1-2H3,(H,17,22). The first-order valence-electron chi connectivity index (χ1n) is 7.11. The van der Waals surface area contributed by atoms with Crippen molar-refractivity contribution in [1.82, 2.24) is 10.0 Å². The summed E-state index contributed by atoms with van der Waals surface area (Å²) in [5.41, 5.74) is -0.646. The zero-order valence-electron chi connectivity index (χ0n) is 13.2. The van der Waals surface area contributed by atoms with Crippen molar-refractivity contribution in [3.8, 4) is 11.8 Å². The summed E-state index contributed by atoms with van der Waals surface area (Å²) in [5.74, 6) is -1.81. The Hall–Kier alpha value is -3.16. The van der Waals surface area contributed by atoms with Gasteiger partial charge in [-0.1, -0.05) is 30.3 Å². The third-order valence-corrected chi connectivity index (χ3v) is 3.11. The number of amides is 1. The van der Waals surface area contributed by atoms with E-state index in [4.69, 9.17) is 9.57 Å². The van der Waals surface area contributed by atoms with E-state index in [2.05, 4.69) is 5.32 Å². The van der Waals surface area contributed by atoms with Gasteiger partial charge in [-0.25, -0.2) is 9.59 Å². The van der Waals surface area contributed by atoms with Gasteiger partial charge < -0.3 is 25.1 Å². The summed E-state index contributed by atoms with van der Waals surface area (Å²) < 4.78 is 5.58. The maximum absolute atomic E-state index is 12.1. The summed E-state index contributed by atoms with van der Waals surface area (Å²) in [6.45, 7) is 2.85. The summed E-state index contributed by atoms with van der Waals surface area (Å²) >= 11 is 0. The molecule has 0 atom stereocenters. The number of hydrogen-bond acceptors (Lipinski definition) is 6. The number of benzene rings is 1. The van der Waals surface area contributed by atoms with Gasteiger partial charge in [0.05, 0.1) is 0 Å². The third kappa shape index (κ3) is 4.19. The highest BCUT2D eigenvalue weighted by Gasteiger charge is 2.33. The average molecular weight is 334 g/mol. The Balaban J connectivity index is 1.92. The SMILES string of the molecule is CC(C)(NC(=O)OCc1ccccc1)C(=O)On1c(O)ccc1O. The van der Waals surface area contributed by atoms with E-state index in [1.54, 1.807) is 12.1 Å². The van der Waals surface area contributed by atoms with Gasteiger partial charge in [0, 0.05) is 12.1 Å². The number of aromatic nitrogens is 1. The first-order chi connectivity index (χ1) is 11.3. The van der Waals surface area contributed by atoms with Crippen LogP contribution >= 0.6 is 0 Å². The quantitative estimate of drug-likeness (QED) is 0.765. The van der Waals surface area contributed by atoms with Gasteiger partial charge in [-0.05, 0) is 19.4 Å². The smallest absolute Gasteiger partial charge is 0.408 e. The number of carbonyl (C=O) groups is 2. The molecule has 1 aromatic heterocycles. The predicted octanol–water partition coefficient (Wildman–Crippen LogP) is 1.56. The fraction of sp³-hybridized carbons (Fsp3) is 0.250. The molecule has 24 heavy (non-hydrogen) atoms. The first kappa shape index (κ1) is 17.2. The molecule has 0 fully saturated rings. The van der Waals surface area contributed by atoms with Crippen LogP contribution in [0.25, 0.3) is 0 Å². The van der Waals surface area contributed by atoms with Gasteiger partial charge in [0.1, 0.15) is 12.1 Å². The Morgan fingerprint density at radius 2 is 1.67 bits per heavy atom. The van der Waals surface area contributed by atoms with E-state index < -0.39 is 29.4 Å². The molecule has 0 radical (unpaired) electrons. The molecule has 0 saturated carbocycles. The van der Waals surface area contributed by atoms with Crippen molar-refractivity contribution in [3.63, 3.8) is 0 Å². The lowest BCUT2D eigenvalue weighted by Gasteiger charge is -2.23. The molecule has 0 spiro atoms. The van der Waals surface area contributed by atoms with Crippen LogP contribution in [0.1, 0.15) is 19.4 Å². The largest absolute Gasteiger partial charge is 0.492 e. The third-order valence-electron chi connectivity index (χ3n) is 3.11. The van der Waals surface area contributed by atoms with Crippen LogP contribution in [0.3, 0.4) is 0 Å². The molecular formula is C16H18N2O6. The number of nitrogens with one attached hydrogen (secondary N) is 1. The van der Waals surface area contributed by atoms with Crippen molar-refractivity contribution in [2.75, 3.05) is 0 Å². The second-order valence-corrected chi connectivity index (χ2v) is 5.53. The molecule has 1 heterocycles. The summed E-state index contributed by atoms with van der Waals surface area (Å²) in [6, 6.07) is 11.4. The number of carbonyl (C=O) groups excluding carboxylic acids is 2. The molecule has 1 amide bonds. The Bertz CT molecular complexity index is 704. The van der Waals surface area contributed by atoms with E-state index in [0.717, 1.165) is 17.7 Å². The van der Waals surface area contributed by atoms with E-state index in [1.807, 2.05) is 18.2 Å². The molecule has 3 N–H and O–H groups in total. The number of rotatable bonds is 5. The number of nitrogens with zero attached hydrogens (tertiary/aromatic N) is 1. The fourth-order valence-electron chi connectivity index (χ4n) is 1.76. The fourth-order valence-corrected chi connectivity index (χ4v) is 1.76. The minimum Gasteiger partial charge on any atom is -0.492 e. The van der Waals surface area contributed by atoms with Gasteiger partial charge >= 0.3 is 12.1 Å². The van der Waals surface area contributed by atoms with E-state index in [0.29, 0.717) is 4.73 Å². The molecular weight excluding hydrogens is 316 g/mol. The number of aromatic hydroxyl groups is 2. The highest BCUT2D eigenvalue weighted by atomic mass is 16.7. The van der Waals surface area contributed by atoms with Crippen molar-refractivity contribution in [2.24, 2.45) is 0 Å². The molecule has 128 valence electrons. The molecule has 1 aromatic carbocycles. The van der Waals surface area contributed by atoms with Gasteiger partial charge in [0.25, 0.3) is 0 Å². The van der Waals surface area contributed by atoms with Crippen molar-refractivity contribution < 1.29 is 29.4 Å². The molecule has 0 saturated heterocycles. The zero-order valence-corrected chi connectivity index (χ0v) is 13.2. The molecule has 0 aliphatic carbocycles. The van der Waals surface area contributed by atoms with E-state index in [9.17, 15) is 19.8 Å². The predicted molar refractivity (Wildman–Crippen MR) is 83.2 cm³/mol. The summed E-state index contributed by atoms with van der Waals surface area (Å²) in [7, 11) is 0. The van der Waals surface area contributed by atoms with Crippen LogP contribution < -0.4 is 10.2 Å². The van der Waals surface area contributed by atoms with Gasteiger partial charge in [-0.2, -0.15) is 0 Å². The monoisotopic (exact) mass is 334 g/mol. The average Bonchev–Trinajstić information content (AvgIpc) is 2.85. The molecule has 0 unspecified atom stereocenters. The minimum atomic E-state index is -1.45. The van der Waals surface area contributed by atoms with Crippen molar-refractivity contribution in [3.05, 3.63) is 48.0 Å². The van der Waals surface area contributed by atoms with E-state index in [-0.39, 0.29) is 6.61 Å². The first-order valence-corrected chi connectivity index (χ1v) is 7.11. The molecule has 2 rings (SSSR count). The van der Waals surface area contributed by atoms with Gasteiger partial charge in [0.15, 0.2) is 0 Å². The number of alkyl carbamates (subject to hydrolysis) is 1. The molecule has 8 heteroatoms. The Morgan fingerprint density at radius 3 is 2.25 bits per heavy atom. The maximum atomic E-state index is 12.1. The van der Waals surface area contributed by atoms with E-state index in [1.165, 1.54) is 13.8 Å². The van der Waals surface area contributed by atoms with E-state index >= 15 is 0 Å². The van der Waals surface area contributed by atoms with Gasteiger partial charge in [-0.15, -0.1) is 4.73 Å². The Morgan fingerprint density at radius 1 is 1.08 bits per heavy atom. The summed E-state index contributed by atoms with van der Waals surface area (Å²) in [4.78, 5) is 28.8. The summed E-state index contributed by atoms with van der Waals surface area (Å²) in [5, 5.41) is 21.3. The maximum Gasteiger partial charge on any atom is 0.408 e. The van der Waals surface area contributed by atoms with Crippen LogP contribution in [0.2, 0.25) is 0 Å². The van der Waals surface area contributed by atoms with Crippen molar-refractivity contribution in [1.29, 1.82) is 0 Å². The Kier molecular flexibility index (Phi) is 4.98. The van der Waals surface area contributed by atoms with Crippen LogP contribution in [0, 0.1) is 0 Å². The van der Waals surface area contributed by atoms with Gasteiger partial charge in [0.2, 0.25) is 11.8 Å². The van der Waals surface area contributed by atoms with Crippen LogP contribution in [-0.4, -0.2) is 32.5 Å². The highest BCUT2D eigenvalue weighted by Crippen LogP contribution is 2.19. The van der Waals surface area contributed by atoms with Crippen LogP contribution in [0.4, 0.5) is 4.79 Å². The van der Waals surface area contributed by atoms with Gasteiger partial charge in [-0.3, -0.25) is 0 Å². The zero-order chi connectivity index (χ0) is 17.7. The van der Waals surface area contributed by atoms with Crippen molar-refractivity contribution in [2.45, 2.75) is 26.0 Å². The topological polar surface area (TPSA) is 110 Å². The molecule has 0 aliphatic rings. The lowest BCUT2D eigenvalue weighted by molar-refractivity contribution is -0.151. The van der Waals surface area contributed by atoms with Crippen molar-refractivity contribution >= 4 is 12.1 Å².